The standard InChI is InChI=1S/C21H22N4O5/c1-13(26)22-14-5-3-6-15(11-14)23-20(28)21(29)24-16-8-9-17(18(12-16)30-2)25-10-4-7-19(25)27/h3,5-6,8-9,11-12H,4,7,10H2,1-2H3,(H,22,26)(H,23,28)(H,24,29). The van der Waals surface area contributed by atoms with Crippen LogP contribution in [0.15, 0.2) is 42.5 Å². The summed E-state index contributed by atoms with van der Waals surface area (Å²) in [5.74, 6) is -1.54. The van der Waals surface area contributed by atoms with Crippen molar-refractivity contribution in [3.05, 3.63) is 42.5 Å². The van der Waals surface area contributed by atoms with Gasteiger partial charge in [0.2, 0.25) is 11.8 Å². The number of hydrogen-bond acceptors (Lipinski definition) is 5. The van der Waals surface area contributed by atoms with Crippen LogP contribution in [0.2, 0.25) is 0 Å². The van der Waals surface area contributed by atoms with Crippen LogP contribution in [0.25, 0.3) is 0 Å². The van der Waals surface area contributed by atoms with Crippen molar-refractivity contribution in [2.24, 2.45) is 0 Å². The zero-order chi connectivity index (χ0) is 21.7. The molecule has 0 bridgehead atoms. The Morgan fingerprint density at radius 3 is 2.13 bits per heavy atom. The minimum atomic E-state index is -0.869. The molecule has 1 aliphatic heterocycles. The van der Waals surface area contributed by atoms with E-state index in [-0.39, 0.29) is 11.8 Å². The number of ether oxygens (including phenoxy) is 1. The molecule has 3 N–H and O–H groups in total. The molecule has 0 aromatic heterocycles. The predicted octanol–water partition coefficient (Wildman–Crippen LogP) is 2.36. The lowest BCUT2D eigenvalue weighted by molar-refractivity contribution is -0.132. The third-order valence-electron chi connectivity index (χ3n) is 4.45. The molecule has 9 heteroatoms. The maximum atomic E-state index is 12.3. The molecule has 9 nitrogen and oxygen atoms in total. The zero-order valence-electron chi connectivity index (χ0n) is 16.7. The number of anilines is 4. The first kappa shape index (κ1) is 20.8. The fraction of sp³-hybridized carbons (Fsp3) is 0.238. The van der Waals surface area contributed by atoms with Gasteiger partial charge in [0, 0.05) is 43.0 Å². The second-order valence-electron chi connectivity index (χ2n) is 6.71. The monoisotopic (exact) mass is 410 g/mol. The summed E-state index contributed by atoms with van der Waals surface area (Å²) >= 11 is 0. The number of amides is 4. The van der Waals surface area contributed by atoms with E-state index in [4.69, 9.17) is 4.74 Å². The van der Waals surface area contributed by atoms with Crippen LogP contribution < -0.4 is 25.6 Å². The van der Waals surface area contributed by atoms with Gasteiger partial charge in [-0.2, -0.15) is 0 Å². The largest absolute Gasteiger partial charge is 0.494 e. The zero-order valence-corrected chi connectivity index (χ0v) is 16.7. The summed E-state index contributed by atoms with van der Waals surface area (Å²) in [4.78, 5) is 49.3. The van der Waals surface area contributed by atoms with E-state index in [0.717, 1.165) is 6.42 Å². The summed E-state index contributed by atoms with van der Waals surface area (Å²) in [6, 6.07) is 11.3. The van der Waals surface area contributed by atoms with Gasteiger partial charge in [0.1, 0.15) is 5.75 Å². The molecule has 1 saturated heterocycles. The molecule has 0 radical (unpaired) electrons. The molecule has 4 amide bonds. The quantitative estimate of drug-likeness (QED) is 0.654. The first-order valence-corrected chi connectivity index (χ1v) is 9.36. The average molecular weight is 410 g/mol. The highest BCUT2D eigenvalue weighted by Gasteiger charge is 2.25. The highest BCUT2D eigenvalue weighted by atomic mass is 16.5. The molecule has 0 unspecified atom stereocenters. The fourth-order valence-electron chi connectivity index (χ4n) is 3.13. The van der Waals surface area contributed by atoms with E-state index in [0.29, 0.717) is 41.5 Å². The summed E-state index contributed by atoms with van der Waals surface area (Å²) in [6.45, 7) is 1.98. The molecule has 3 rings (SSSR count). The van der Waals surface area contributed by atoms with E-state index in [9.17, 15) is 19.2 Å². The van der Waals surface area contributed by atoms with Crippen molar-refractivity contribution >= 4 is 46.4 Å². The summed E-state index contributed by atoms with van der Waals surface area (Å²) in [5.41, 5.74) is 1.84. The minimum Gasteiger partial charge on any atom is -0.494 e. The normalized spacial score (nSPS) is 13.0. The van der Waals surface area contributed by atoms with Crippen LogP contribution in [-0.2, 0) is 19.2 Å². The van der Waals surface area contributed by atoms with Crippen molar-refractivity contribution in [1.82, 2.24) is 0 Å². The van der Waals surface area contributed by atoms with E-state index in [1.807, 2.05) is 0 Å². The molecule has 2 aromatic rings. The van der Waals surface area contributed by atoms with Gasteiger partial charge in [0.25, 0.3) is 0 Å². The maximum Gasteiger partial charge on any atom is 0.314 e. The van der Waals surface area contributed by atoms with E-state index < -0.39 is 11.8 Å². The van der Waals surface area contributed by atoms with Crippen molar-refractivity contribution in [3.63, 3.8) is 0 Å². The molecule has 2 aromatic carbocycles. The fourth-order valence-corrected chi connectivity index (χ4v) is 3.13. The van der Waals surface area contributed by atoms with E-state index in [1.54, 1.807) is 41.3 Å². The van der Waals surface area contributed by atoms with E-state index >= 15 is 0 Å². The van der Waals surface area contributed by atoms with Crippen molar-refractivity contribution < 1.29 is 23.9 Å². The van der Waals surface area contributed by atoms with Crippen LogP contribution in [0.5, 0.6) is 5.75 Å². The lowest BCUT2D eigenvalue weighted by Crippen LogP contribution is -2.29. The predicted molar refractivity (Wildman–Crippen MR) is 113 cm³/mol. The minimum absolute atomic E-state index is 0.0194. The van der Waals surface area contributed by atoms with Crippen LogP contribution in [0, 0.1) is 0 Å². The third kappa shape index (κ3) is 4.93. The summed E-state index contributed by atoms with van der Waals surface area (Å²) in [7, 11) is 1.47. The lowest BCUT2D eigenvalue weighted by atomic mass is 10.2. The number of nitrogens with one attached hydrogen (secondary N) is 3. The van der Waals surface area contributed by atoms with E-state index in [2.05, 4.69) is 16.0 Å². The molecule has 0 aliphatic carbocycles. The maximum absolute atomic E-state index is 12.3. The first-order chi connectivity index (χ1) is 14.4. The summed E-state index contributed by atoms with van der Waals surface area (Å²) in [6.07, 6.45) is 1.27. The van der Waals surface area contributed by atoms with Gasteiger partial charge in [-0.15, -0.1) is 0 Å². The van der Waals surface area contributed by atoms with Gasteiger partial charge in [0.05, 0.1) is 12.8 Å². The SMILES string of the molecule is COc1cc(NC(=O)C(=O)Nc2cccc(NC(C)=O)c2)ccc1N1CCCC1=O. The number of nitrogens with zero attached hydrogens (tertiary/aromatic N) is 1. The third-order valence-corrected chi connectivity index (χ3v) is 4.45. The average Bonchev–Trinajstić information content (AvgIpc) is 3.13. The van der Waals surface area contributed by atoms with Gasteiger partial charge in [0.15, 0.2) is 0 Å². The molecule has 0 saturated carbocycles. The topological polar surface area (TPSA) is 117 Å². The van der Waals surface area contributed by atoms with Gasteiger partial charge in [-0.25, -0.2) is 0 Å². The number of carbonyl (C=O) groups is 4. The van der Waals surface area contributed by atoms with Crippen molar-refractivity contribution in [2.45, 2.75) is 19.8 Å². The Balaban J connectivity index is 1.67. The molecule has 0 atom stereocenters. The number of carbonyl (C=O) groups excluding carboxylic acids is 4. The first-order valence-electron chi connectivity index (χ1n) is 9.36. The van der Waals surface area contributed by atoms with Gasteiger partial charge >= 0.3 is 11.8 Å². The van der Waals surface area contributed by atoms with Crippen molar-refractivity contribution in [3.8, 4) is 5.75 Å². The van der Waals surface area contributed by atoms with Crippen molar-refractivity contribution in [2.75, 3.05) is 34.5 Å². The Kier molecular flexibility index (Phi) is 6.31. The number of benzene rings is 2. The molecule has 1 aliphatic rings. The highest BCUT2D eigenvalue weighted by Crippen LogP contribution is 2.33. The molecule has 0 spiro atoms. The van der Waals surface area contributed by atoms with Gasteiger partial charge < -0.3 is 25.6 Å². The van der Waals surface area contributed by atoms with Gasteiger partial charge in [-0.05, 0) is 36.8 Å². The Morgan fingerprint density at radius 1 is 0.933 bits per heavy atom. The highest BCUT2D eigenvalue weighted by molar-refractivity contribution is 6.43. The van der Waals surface area contributed by atoms with Crippen LogP contribution in [0.4, 0.5) is 22.7 Å². The second-order valence-corrected chi connectivity index (χ2v) is 6.71. The van der Waals surface area contributed by atoms with Gasteiger partial charge in [-0.3, -0.25) is 19.2 Å². The lowest BCUT2D eigenvalue weighted by Gasteiger charge is -2.19. The van der Waals surface area contributed by atoms with Crippen LogP contribution in [0.1, 0.15) is 19.8 Å². The molecule has 156 valence electrons. The summed E-state index contributed by atoms with van der Waals surface area (Å²) < 4.78 is 5.35. The van der Waals surface area contributed by atoms with Crippen LogP contribution in [0.3, 0.4) is 0 Å². The Labute approximate surface area is 173 Å². The van der Waals surface area contributed by atoms with Crippen LogP contribution >= 0.6 is 0 Å². The Hall–Kier alpha value is -3.88. The van der Waals surface area contributed by atoms with Gasteiger partial charge in [-0.1, -0.05) is 6.07 Å². The Bertz CT molecular complexity index is 1000. The number of rotatable bonds is 5. The molecular weight excluding hydrogens is 388 g/mol. The van der Waals surface area contributed by atoms with Crippen LogP contribution in [-0.4, -0.2) is 37.3 Å². The number of methoxy groups -OCH3 is 1. The second kappa shape index (κ2) is 9.08. The van der Waals surface area contributed by atoms with E-state index in [1.165, 1.54) is 20.1 Å². The molecule has 1 fully saturated rings. The summed E-state index contributed by atoms with van der Waals surface area (Å²) in [5, 5.41) is 7.59. The van der Waals surface area contributed by atoms with Crippen molar-refractivity contribution in [1.29, 1.82) is 0 Å². The molecule has 1 heterocycles. The molecular formula is C21H22N4O5. The number of hydrogen-bond donors (Lipinski definition) is 3. The smallest absolute Gasteiger partial charge is 0.314 e. The Morgan fingerprint density at radius 2 is 1.57 bits per heavy atom. The molecule has 30 heavy (non-hydrogen) atoms.